The minimum Gasteiger partial charge on any atom is -0.468 e. The average Bonchev–Trinajstić information content (AvgIpc) is 2.72. The molecule has 0 aromatic carbocycles. The second-order valence-corrected chi connectivity index (χ2v) is 3.57. The van der Waals surface area contributed by atoms with E-state index in [9.17, 15) is 0 Å². The average molecular weight is 208 g/mol. The fourth-order valence-electron chi connectivity index (χ4n) is 1.30. The Morgan fingerprint density at radius 3 is 2.71 bits per heavy atom. The van der Waals surface area contributed by atoms with Crippen LogP contribution < -0.4 is 0 Å². The van der Waals surface area contributed by atoms with Gasteiger partial charge < -0.3 is 4.42 Å². The molecule has 2 aromatic heterocycles. The Kier molecular flexibility index (Phi) is 2.84. The Bertz CT molecular complexity index is 371. The molecule has 0 aliphatic rings. The van der Waals surface area contributed by atoms with E-state index in [0.717, 1.165) is 17.7 Å². The molecule has 0 saturated carbocycles. The molecule has 0 radical (unpaired) electrons. The van der Waals surface area contributed by atoms with Crippen LogP contribution in [0.4, 0.5) is 0 Å². The Morgan fingerprint density at radius 1 is 1.29 bits per heavy atom. The standard InChI is InChI=1S/C11H10ClNO/c12-10(11-2-1-7-14-11)8-9-3-5-13-6-4-9/h1-7,10H,8H2. The third-order valence-electron chi connectivity index (χ3n) is 2.02. The molecule has 0 amide bonds. The second kappa shape index (κ2) is 4.29. The summed E-state index contributed by atoms with van der Waals surface area (Å²) in [6.07, 6.45) is 5.93. The summed E-state index contributed by atoms with van der Waals surface area (Å²) >= 11 is 6.17. The van der Waals surface area contributed by atoms with Crippen molar-refractivity contribution in [3.63, 3.8) is 0 Å². The molecular formula is C11H10ClNO. The molecule has 3 heteroatoms. The van der Waals surface area contributed by atoms with Crippen LogP contribution in [0.2, 0.25) is 0 Å². The topological polar surface area (TPSA) is 26.0 Å². The first-order valence-electron chi connectivity index (χ1n) is 4.42. The summed E-state index contributed by atoms with van der Waals surface area (Å²) in [6.45, 7) is 0. The quantitative estimate of drug-likeness (QED) is 0.723. The van der Waals surface area contributed by atoms with Gasteiger partial charge in [-0.25, -0.2) is 0 Å². The molecule has 72 valence electrons. The molecule has 2 aromatic rings. The SMILES string of the molecule is ClC(Cc1ccncc1)c1ccco1. The van der Waals surface area contributed by atoms with Crippen LogP contribution >= 0.6 is 11.6 Å². The summed E-state index contributed by atoms with van der Waals surface area (Å²) in [5, 5.41) is -0.104. The Labute approximate surface area is 87.5 Å². The van der Waals surface area contributed by atoms with E-state index in [0.29, 0.717) is 0 Å². The van der Waals surface area contributed by atoms with Gasteiger partial charge in [-0.2, -0.15) is 0 Å². The minimum absolute atomic E-state index is 0.104. The van der Waals surface area contributed by atoms with Crippen molar-refractivity contribution >= 4 is 11.6 Å². The number of halogens is 1. The monoisotopic (exact) mass is 207 g/mol. The van der Waals surface area contributed by atoms with Gasteiger partial charge in [0.15, 0.2) is 0 Å². The van der Waals surface area contributed by atoms with Crippen molar-refractivity contribution < 1.29 is 4.42 Å². The van der Waals surface area contributed by atoms with Gasteiger partial charge in [0.25, 0.3) is 0 Å². The van der Waals surface area contributed by atoms with E-state index in [2.05, 4.69) is 4.98 Å². The highest BCUT2D eigenvalue weighted by Crippen LogP contribution is 2.24. The number of rotatable bonds is 3. The van der Waals surface area contributed by atoms with Gasteiger partial charge in [-0.05, 0) is 36.2 Å². The van der Waals surface area contributed by atoms with Crippen molar-refractivity contribution in [1.29, 1.82) is 0 Å². The number of nitrogens with zero attached hydrogens (tertiary/aromatic N) is 1. The Balaban J connectivity index is 2.06. The lowest BCUT2D eigenvalue weighted by Crippen LogP contribution is -1.94. The lowest BCUT2D eigenvalue weighted by Gasteiger charge is -2.05. The van der Waals surface area contributed by atoms with Gasteiger partial charge in [0.1, 0.15) is 5.76 Å². The van der Waals surface area contributed by atoms with Gasteiger partial charge in [0.05, 0.1) is 11.6 Å². The summed E-state index contributed by atoms with van der Waals surface area (Å²) in [4.78, 5) is 3.95. The molecule has 2 rings (SSSR count). The van der Waals surface area contributed by atoms with Crippen molar-refractivity contribution in [2.45, 2.75) is 11.8 Å². The van der Waals surface area contributed by atoms with Gasteiger partial charge >= 0.3 is 0 Å². The van der Waals surface area contributed by atoms with Crippen molar-refractivity contribution in [1.82, 2.24) is 4.98 Å². The van der Waals surface area contributed by atoms with Crippen molar-refractivity contribution in [2.75, 3.05) is 0 Å². The van der Waals surface area contributed by atoms with E-state index in [1.807, 2.05) is 24.3 Å². The van der Waals surface area contributed by atoms with Gasteiger partial charge in [0.2, 0.25) is 0 Å². The van der Waals surface area contributed by atoms with Crippen LogP contribution in [0.3, 0.4) is 0 Å². The zero-order valence-electron chi connectivity index (χ0n) is 7.56. The maximum absolute atomic E-state index is 6.17. The third-order valence-corrected chi connectivity index (χ3v) is 2.39. The van der Waals surface area contributed by atoms with Crippen LogP contribution in [0.5, 0.6) is 0 Å². The van der Waals surface area contributed by atoms with Crippen LogP contribution in [0.1, 0.15) is 16.7 Å². The number of pyridine rings is 1. The fourth-order valence-corrected chi connectivity index (χ4v) is 1.60. The highest BCUT2D eigenvalue weighted by molar-refractivity contribution is 6.20. The Morgan fingerprint density at radius 2 is 2.07 bits per heavy atom. The van der Waals surface area contributed by atoms with E-state index >= 15 is 0 Å². The first-order valence-corrected chi connectivity index (χ1v) is 4.86. The lowest BCUT2D eigenvalue weighted by molar-refractivity contribution is 0.502. The third kappa shape index (κ3) is 2.15. The van der Waals surface area contributed by atoms with E-state index in [4.69, 9.17) is 16.0 Å². The number of alkyl halides is 1. The number of hydrogen-bond acceptors (Lipinski definition) is 2. The maximum atomic E-state index is 6.17. The van der Waals surface area contributed by atoms with E-state index in [-0.39, 0.29) is 5.38 Å². The maximum Gasteiger partial charge on any atom is 0.121 e. The molecule has 0 aliphatic heterocycles. The summed E-state index contributed by atoms with van der Waals surface area (Å²) in [6, 6.07) is 7.65. The highest BCUT2D eigenvalue weighted by atomic mass is 35.5. The van der Waals surface area contributed by atoms with Crippen molar-refractivity contribution in [3.05, 3.63) is 54.2 Å². The molecular weight excluding hydrogens is 198 g/mol. The summed E-state index contributed by atoms with van der Waals surface area (Å²) in [5.41, 5.74) is 1.16. The first kappa shape index (κ1) is 9.28. The molecule has 0 spiro atoms. The van der Waals surface area contributed by atoms with Crippen molar-refractivity contribution in [3.8, 4) is 0 Å². The van der Waals surface area contributed by atoms with Crippen LogP contribution in [0.25, 0.3) is 0 Å². The predicted octanol–water partition coefficient (Wildman–Crippen LogP) is 3.20. The molecule has 2 heterocycles. The molecule has 14 heavy (non-hydrogen) atoms. The van der Waals surface area contributed by atoms with Gasteiger partial charge in [0, 0.05) is 12.4 Å². The van der Waals surface area contributed by atoms with E-state index < -0.39 is 0 Å². The van der Waals surface area contributed by atoms with Gasteiger partial charge in [-0.1, -0.05) is 0 Å². The molecule has 2 nitrogen and oxygen atoms in total. The minimum atomic E-state index is -0.104. The molecule has 0 bridgehead atoms. The molecule has 1 atom stereocenters. The van der Waals surface area contributed by atoms with Crippen LogP contribution in [-0.4, -0.2) is 4.98 Å². The molecule has 0 fully saturated rings. The van der Waals surface area contributed by atoms with Crippen LogP contribution in [0, 0.1) is 0 Å². The predicted molar refractivity (Wildman–Crippen MR) is 55.2 cm³/mol. The molecule has 0 N–H and O–H groups in total. The number of aromatic nitrogens is 1. The van der Waals surface area contributed by atoms with Crippen LogP contribution in [-0.2, 0) is 6.42 Å². The normalized spacial score (nSPS) is 12.6. The second-order valence-electron chi connectivity index (χ2n) is 3.04. The van der Waals surface area contributed by atoms with Gasteiger partial charge in [-0.15, -0.1) is 11.6 Å². The zero-order valence-corrected chi connectivity index (χ0v) is 8.32. The number of hydrogen-bond donors (Lipinski definition) is 0. The van der Waals surface area contributed by atoms with Gasteiger partial charge in [-0.3, -0.25) is 4.98 Å². The Hall–Kier alpha value is -1.28. The molecule has 0 saturated heterocycles. The molecule has 1 unspecified atom stereocenters. The lowest BCUT2D eigenvalue weighted by atomic mass is 10.1. The highest BCUT2D eigenvalue weighted by Gasteiger charge is 2.10. The first-order chi connectivity index (χ1) is 6.86. The zero-order chi connectivity index (χ0) is 9.80. The number of furan rings is 1. The smallest absolute Gasteiger partial charge is 0.121 e. The van der Waals surface area contributed by atoms with Crippen molar-refractivity contribution in [2.24, 2.45) is 0 Å². The summed E-state index contributed by atoms with van der Waals surface area (Å²) in [7, 11) is 0. The fraction of sp³-hybridized carbons (Fsp3) is 0.182. The van der Waals surface area contributed by atoms with Crippen LogP contribution in [0.15, 0.2) is 47.3 Å². The largest absolute Gasteiger partial charge is 0.468 e. The van der Waals surface area contributed by atoms with E-state index in [1.165, 1.54) is 0 Å². The molecule has 0 aliphatic carbocycles. The van der Waals surface area contributed by atoms with E-state index in [1.54, 1.807) is 18.7 Å². The summed E-state index contributed by atoms with van der Waals surface area (Å²) < 4.78 is 5.22. The summed E-state index contributed by atoms with van der Waals surface area (Å²) in [5.74, 6) is 0.809.